The normalized spacial score (nSPS) is 9.82. The molecular weight excluding hydrogens is 167 g/mol. The highest BCUT2D eigenvalue weighted by Crippen LogP contribution is 2.38. The highest BCUT2D eigenvalue weighted by Gasteiger charge is 2.07. The van der Waals surface area contributed by atoms with Crippen LogP contribution < -0.4 is 0 Å². The Morgan fingerprint density at radius 3 is 1.27 bits per heavy atom. The summed E-state index contributed by atoms with van der Waals surface area (Å²) in [7, 11) is -1.06. The topological polar surface area (TPSA) is 59.2 Å². The second kappa shape index (κ2) is 10.3. The van der Waals surface area contributed by atoms with Crippen molar-refractivity contribution in [2.24, 2.45) is 0 Å². The first-order chi connectivity index (χ1) is 4.85. The largest absolute Gasteiger partial charge is 0.412 e. The predicted molar refractivity (Wildman–Crippen MR) is 45.4 cm³/mol. The van der Waals surface area contributed by atoms with Gasteiger partial charge in [0.25, 0.3) is 0 Å². The molecule has 0 aromatic heterocycles. The quantitative estimate of drug-likeness (QED) is 0.587. The SMILES string of the molecule is CCOP(OCC)OCC.O. The summed E-state index contributed by atoms with van der Waals surface area (Å²) in [6.07, 6.45) is 0. The van der Waals surface area contributed by atoms with E-state index in [1.165, 1.54) is 0 Å². The van der Waals surface area contributed by atoms with Crippen molar-refractivity contribution in [1.82, 2.24) is 0 Å². The molecule has 0 unspecified atom stereocenters. The third kappa shape index (κ3) is 8.17. The molecule has 0 aromatic rings. The van der Waals surface area contributed by atoms with E-state index in [4.69, 9.17) is 13.6 Å². The average molecular weight is 184 g/mol. The van der Waals surface area contributed by atoms with E-state index in [1.54, 1.807) is 0 Å². The first-order valence-corrected chi connectivity index (χ1v) is 4.63. The minimum absolute atomic E-state index is 0. The Labute approximate surface area is 69.1 Å². The lowest BCUT2D eigenvalue weighted by atomic mass is 10.9. The van der Waals surface area contributed by atoms with Gasteiger partial charge < -0.3 is 19.0 Å². The van der Waals surface area contributed by atoms with E-state index in [9.17, 15) is 0 Å². The Balaban J connectivity index is 0. The van der Waals surface area contributed by atoms with Gasteiger partial charge in [0.15, 0.2) is 0 Å². The molecule has 0 rings (SSSR count). The van der Waals surface area contributed by atoms with Crippen molar-refractivity contribution in [3.05, 3.63) is 0 Å². The van der Waals surface area contributed by atoms with E-state index in [0.717, 1.165) is 0 Å². The summed E-state index contributed by atoms with van der Waals surface area (Å²) in [5.74, 6) is 0. The lowest BCUT2D eigenvalue weighted by Gasteiger charge is -2.12. The minimum Gasteiger partial charge on any atom is -0.412 e. The van der Waals surface area contributed by atoms with Crippen LogP contribution in [0.5, 0.6) is 0 Å². The van der Waals surface area contributed by atoms with Crippen molar-refractivity contribution in [2.75, 3.05) is 19.8 Å². The van der Waals surface area contributed by atoms with E-state index >= 15 is 0 Å². The summed E-state index contributed by atoms with van der Waals surface area (Å²) >= 11 is 0. The van der Waals surface area contributed by atoms with Crippen LogP contribution in [0.4, 0.5) is 0 Å². The van der Waals surface area contributed by atoms with Crippen LogP contribution in [0.2, 0.25) is 0 Å². The minimum atomic E-state index is -1.06. The van der Waals surface area contributed by atoms with Gasteiger partial charge in [0.05, 0.1) is 19.8 Å². The second-order valence-electron chi connectivity index (χ2n) is 1.48. The molecule has 0 spiro atoms. The fraction of sp³-hybridized carbons (Fsp3) is 1.00. The van der Waals surface area contributed by atoms with Crippen LogP contribution >= 0.6 is 8.60 Å². The van der Waals surface area contributed by atoms with Crippen molar-refractivity contribution < 1.29 is 19.0 Å². The molecule has 0 saturated carbocycles. The van der Waals surface area contributed by atoms with Gasteiger partial charge in [0.1, 0.15) is 0 Å². The molecule has 0 radical (unpaired) electrons. The van der Waals surface area contributed by atoms with E-state index < -0.39 is 8.60 Å². The van der Waals surface area contributed by atoms with Crippen LogP contribution in [-0.2, 0) is 13.6 Å². The van der Waals surface area contributed by atoms with Crippen LogP contribution in [-0.4, -0.2) is 25.3 Å². The number of hydrogen-bond acceptors (Lipinski definition) is 3. The maximum Gasteiger partial charge on any atom is 0.332 e. The zero-order valence-corrected chi connectivity index (χ0v) is 8.19. The van der Waals surface area contributed by atoms with Gasteiger partial charge in [0.2, 0.25) is 0 Å². The van der Waals surface area contributed by atoms with E-state index in [-0.39, 0.29) is 5.48 Å². The average Bonchev–Trinajstić information content (AvgIpc) is 1.90. The van der Waals surface area contributed by atoms with E-state index in [0.29, 0.717) is 19.8 Å². The van der Waals surface area contributed by atoms with Crippen LogP contribution in [0, 0.1) is 0 Å². The van der Waals surface area contributed by atoms with Gasteiger partial charge in [-0.25, -0.2) is 0 Å². The molecule has 0 saturated heterocycles. The summed E-state index contributed by atoms with van der Waals surface area (Å²) in [5, 5.41) is 0. The summed E-state index contributed by atoms with van der Waals surface area (Å²) < 4.78 is 15.4. The molecule has 0 aromatic carbocycles. The molecule has 0 aliphatic heterocycles. The van der Waals surface area contributed by atoms with Crippen LogP contribution in [0.15, 0.2) is 0 Å². The summed E-state index contributed by atoms with van der Waals surface area (Å²) in [6, 6.07) is 0. The van der Waals surface area contributed by atoms with Gasteiger partial charge in [-0.1, -0.05) is 0 Å². The van der Waals surface area contributed by atoms with Gasteiger partial charge in [-0.3, -0.25) is 0 Å². The van der Waals surface area contributed by atoms with Crippen LogP contribution in [0.25, 0.3) is 0 Å². The fourth-order valence-electron chi connectivity index (χ4n) is 0.428. The van der Waals surface area contributed by atoms with Crippen LogP contribution in [0.3, 0.4) is 0 Å². The van der Waals surface area contributed by atoms with Crippen molar-refractivity contribution in [1.29, 1.82) is 0 Å². The summed E-state index contributed by atoms with van der Waals surface area (Å²) in [5.41, 5.74) is 0. The monoisotopic (exact) mass is 184 g/mol. The van der Waals surface area contributed by atoms with E-state index in [2.05, 4.69) is 0 Å². The first-order valence-electron chi connectivity index (χ1n) is 3.54. The number of rotatable bonds is 6. The third-order valence-electron chi connectivity index (χ3n) is 0.704. The Bertz CT molecular complexity index is 57.3. The van der Waals surface area contributed by atoms with Crippen molar-refractivity contribution in [2.45, 2.75) is 20.8 Å². The summed E-state index contributed by atoms with van der Waals surface area (Å²) in [4.78, 5) is 0. The Hall–Kier alpha value is 0.270. The molecule has 4 nitrogen and oxygen atoms in total. The second-order valence-corrected chi connectivity index (χ2v) is 2.70. The molecule has 11 heavy (non-hydrogen) atoms. The molecule has 0 bridgehead atoms. The van der Waals surface area contributed by atoms with Gasteiger partial charge in [-0.15, -0.1) is 0 Å². The van der Waals surface area contributed by atoms with Crippen molar-refractivity contribution in [3.63, 3.8) is 0 Å². The van der Waals surface area contributed by atoms with Gasteiger partial charge in [-0.05, 0) is 20.8 Å². The fourth-order valence-corrected chi connectivity index (χ4v) is 1.28. The molecule has 0 fully saturated rings. The van der Waals surface area contributed by atoms with Crippen LogP contribution in [0.1, 0.15) is 20.8 Å². The summed E-state index contributed by atoms with van der Waals surface area (Å²) in [6.45, 7) is 7.71. The van der Waals surface area contributed by atoms with Gasteiger partial charge in [-0.2, -0.15) is 0 Å². The Morgan fingerprint density at radius 1 is 0.818 bits per heavy atom. The maximum atomic E-state index is 5.14. The molecule has 0 aliphatic rings. The zero-order chi connectivity index (χ0) is 7.82. The molecule has 0 aliphatic carbocycles. The Kier molecular flexibility index (Phi) is 12.9. The third-order valence-corrected chi connectivity index (χ3v) is 2.11. The molecule has 70 valence electrons. The lowest BCUT2D eigenvalue weighted by molar-refractivity contribution is 0.176. The molecule has 2 N–H and O–H groups in total. The highest BCUT2D eigenvalue weighted by atomic mass is 31.2. The molecule has 0 atom stereocenters. The predicted octanol–water partition coefficient (Wildman–Crippen LogP) is 1.50. The molecule has 0 amide bonds. The standard InChI is InChI=1S/C6H15O3P.H2O/c1-4-7-10(8-5-2)9-6-3;/h4-6H2,1-3H3;1H2. The Morgan fingerprint density at radius 2 is 1.09 bits per heavy atom. The van der Waals surface area contributed by atoms with Crippen molar-refractivity contribution >= 4 is 8.60 Å². The van der Waals surface area contributed by atoms with Crippen molar-refractivity contribution in [3.8, 4) is 0 Å². The number of hydrogen-bond donors (Lipinski definition) is 0. The lowest BCUT2D eigenvalue weighted by Crippen LogP contribution is -1.94. The smallest absolute Gasteiger partial charge is 0.332 e. The highest BCUT2D eigenvalue weighted by molar-refractivity contribution is 7.41. The first kappa shape index (κ1) is 13.8. The molecule has 0 heterocycles. The van der Waals surface area contributed by atoms with Gasteiger partial charge >= 0.3 is 8.60 Å². The molecule has 5 heteroatoms. The zero-order valence-electron chi connectivity index (χ0n) is 7.29. The molecular formula is C6H17O4P. The van der Waals surface area contributed by atoms with E-state index in [1.807, 2.05) is 20.8 Å². The van der Waals surface area contributed by atoms with Gasteiger partial charge in [0, 0.05) is 0 Å². The maximum absolute atomic E-state index is 5.14.